The van der Waals surface area contributed by atoms with Gasteiger partial charge in [-0.3, -0.25) is 28.8 Å². The van der Waals surface area contributed by atoms with Crippen LogP contribution in [-0.4, -0.2) is 121 Å². The van der Waals surface area contributed by atoms with Crippen LogP contribution in [0.25, 0.3) is 0 Å². The van der Waals surface area contributed by atoms with Crippen molar-refractivity contribution in [2.75, 3.05) is 13.2 Å². The first-order valence-electron chi connectivity index (χ1n) is 12.4. The van der Waals surface area contributed by atoms with E-state index in [-0.39, 0.29) is 0 Å². The molecule has 0 bridgehead atoms. The molecule has 5 unspecified atom stereocenters. The number of carbonyl (C=O) groups is 6. The summed E-state index contributed by atoms with van der Waals surface area (Å²) >= 11 is 0. The maximum Gasteiger partial charge on any atom is 0.303 e. The predicted octanol–water partition coefficient (Wildman–Crippen LogP) is -1.97. The van der Waals surface area contributed by atoms with E-state index in [2.05, 4.69) is 0 Å². The number of hydrogen-bond acceptors (Lipinski definition) is 17. The molecule has 0 aromatic carbocycles. The summed E-state index contributed by atoms with van der Waals surface area (Å²) in [6.07, 6.45) is -15.7. The molecule has 0 aromatic rings. The molecule has 17 heteroatoms. The van der Waals surface area contributed by atoms with Crippen molar-refractivity contribution in [3.8, 4) is 0 Å². The smallest absolute Gasteiger partial charge is 0.303 e. The van der Waals surface area contributed by atoms with Gasteiger partial charge in [0.05, 0.1) is 13.2 Å². The van der Waals surface area contributed by atoms with Gasteiger partial charge >= 0.3 is 35.8 Å². The molecule has 10 atom stereocenters. The van der Waals surface area contributed by atoms with Crippen LogP contribution in [0.2, 0.25) is 0 Å². The molecule has 41 heavy (non-hydrogen) atoms. The molecule has 2 aliphatic heterocycles. The van der Waals surface area contributed by atoms with Gasteiger partial charge in [-0.1, -0.05) is 0 Å². The maximum absolute atomic E-state index is 12.0. The van der Waals surface area contributed by atoms with Gasteiger partial charge in [0.1, 0.15) is 12.2 Å². The third-order valence-corrected chi connectivity index (χ3v) is 5.62. The van der Waals surface area contributed by atoms with Crippen LogP contribution in [0.5, 0.6) is 0 Å². The molecule has 232 valence electrons. The summed E-state index contributed by atoms with van der Waals surface area (Å²) in [5.74, 6) is -5.26. The van der Waals surface area contributed by atoms with E-state index in [9.17, 15) is 39.0 Å². The highest BCUT2D eigenvalue weighted by Gasteiger charge is 2.57. The summed E-state index contributed by atoms with van der Waals surface area (Å²) < 4.78 is 48.8. The average molecular weight is 595 g/mol. The highest BCUT2D eigenvalue weighted by Crippen LogP contribution is 2.34. The van der Waals surface area contributed by atoms with Gasteiger partial charge in [0.15, 0.2) is 36.6 Å². The SMILES string of the molecule is CC(=O)OC1C(OC(C)=O)[C@H](OC(C)=O)C(CO)O[C@H]1O[C@@H]1OC(CO)[C@@H](OC(C)=O)[C@H](OC(C)=O)C1OC(C)=O. The Bertz CT molecular complexity index is 905. The van der Waals surface area contributed by atoms with Crippen molar-refractivity contribution >= 4 is 35.8 Å². The minimum absolute atomic E-state index is 0.800. The molecule has 0 aromatic heterocycles. The normalized spacial score (nSPS) is 33.1. The Balaban J connectivity index is 2.57. The highest BCUT2D eigenvalue weighted by molar-refractivity contribution is 5.69. The van der Waals surface area contributed by atoms with Crippen molar-refractivity contribution in [3.63, 3.8) is 0 Å². The molecule has 2 N–H and O–H groups in total. The van der Waals surface area contributed by atoms with E-state index >= 15 is 0 Å². The summed E-state index contributed by atoms with van der Waals surface area (Å²) in [6, 6.07) is 0. The van der Waals surface area contributed by atoms with E-state index in [0.29, 0.717) is 0 Å². The number of aliphatic hydroxyl groups is 2. The Labute approximate surface area is 234 Å². The lowest BCUT2D eigenvalue weighted by molar-refractivity contribution is -0.377. The van der Waals surface area contributed by atoms with Gasteiger partial charge in [0.25, 0.3) is 0 Å². The summed E-state index contributed by atoms with van der Waals surface area (Å²) in [4.78, 5) is 71.5. The van der Waals surface area contributed by atoms with Gasteiger partial charge < -0.3 is 52.8 Å². The van der Waals surface area contributed by atoms with Crippen LogP contribution in [-0.2, 0) is 71.4 Å². The monoisotopic (exact) mass is 594 g/mol. The van der Waals surface area contributed by atoms with Crippen LogP contribution >= 0.6 is 0 Å². The second-order valence-corrected chi connectivity index (χ2v) is 9.03. The lowest BCUT2D eigenvalue weighted by atomic mass is 9.97. The zero-order chi connectivity index (χ0) is 31.0. The van der Waals surface area contributed by atoms with Crippen LogP contribution in [0.1, 0.15) is 41.5 Å². The Hall–Kier alpha value is -3.38. The minimum Gasteiger partial charge on any atom is -0.456 e. The van der Waals surface area contributed by atoms with E-state index in [1.165, 1.54) is 0 Å². The third kappa shape index (κ3) is 9.32. The fourth-order valence-electron chi connectivity index (χ4n) is 4.36. The van der Waals surface area contributed by atoms with E-state index < -0.39 is 110 Å². The predicted molar refractivity (Wildman–Crippen MR) is 126 cm³/mol. The molecule has 2 heterocycles. The van der Waals surface area contributed by atoms with Gasteiger partial charge in [0, 0.05) is 41.5 Å². The van der Waals surface area contributed by atoms with Crippen LogP contribution in [0.4, 0.5) is 0 Å². The van der Waals surface area contributed by atoms with Gasteiger partial charge in [0.2, 0.25) is 12.6 Å². The third-order valence-electron chi connectivity index (χ3n) is 5.62. The van der Waals surface area contributed by atoms with Crippen LogP contribution in [0.3, 0.4) is 0 Å². The molecule has 0 amide bonds. The van der Waals surface area contributed by atoms with E-state index in [1.54, 1.807) is 0 Å². The van der Waals surface area contributed by atoms with Crippen molar-refractivity contribution in [1.29, 1.82) is 0 Å². The van der Waals surface area contributed by atoms with Gasteiger partial charge in [-0.15, -0.1) is 0 Å². The first kappa shape index (κ1) is 33.8. The Kier molecular flexibility index (Phi) is 12.4. The van der Waals surface area contributed by atoms with Gasteiger partial charge in [-0.05, 0) is 0 Å². The molecule has 17 nitrogen and oxygen atoms in total. The van der Waals surface area contributed by atoms with Crippen molar-refractivity contribution in [3.05, 3.63) is 0 Å². The second kappa shape index (κ2) is 15.0. The number of hydrogen-bond donors (Lipinski definition) is 2. The highest BCUT2D eigenvalue weighted by atomic mass is 16.8. The van der Waals surface area contributed by atoms with E-state index in [1.807, 2.05) is 0 Å². The number of ether oxygens (including phenoxy) is 9. The van der Waals surface area contributed by atoms with Gasteiger partial charge in [-0.25, -0.2) is 0 Å². The Morgan fingerprint density at radius 1 is 0.463 bits per heavy atom. The molecule has 0 aliphatic carbocycles. The summed E-state index contributed by atoms with van der Waals surface area (Å²) in [7, 11) is 0. The molecule has 0 spiro atoms. The first-order chi connectivity index (χ1) is 19.2. The number of carbonyl (C=O) groups excluding carboxylic acids is 6. The van der Waals surface area contributed by atoms with Crippen molar-refractivity contribution in [1.82, 2.24) is 0 Å². The molecule has 2 aliphatic rings. The largest absolute Gasteiger partial charge is 0.456 e. The molecule has 2 saturated heterocycles. The molecule has 0 radical (unpaired) electrons. The van der Waals surface area contributed by atoms with E-state index in [0.717, 1.165) is 41.5 Å². The van der Waals surface area contributed by atoms with Gasteiger partial charge in [-0.2, -0.15) is 0 Å². The topological polar surface area (TPSA) is 226 Å². The zero-order valence-corrected chi connectivity index (χ0v) is 23.2. The quantitative estimate of drug-likeness (QED) is 0.206. The van der Waals surface area contributed by atoms with Crippen LogP contribution < -0.4 is 0 Å². The number of aliphatic hydroxyl groups excluding tert-OH is 2. The average Bonchev–Trinajstić information content (AvgIpc) is 2.84. The zero-order valence-electron chi connectivity index (χ0n) is 23.2. The molecular weight excluding hydrogens is 560 g/mol. The van der Waals surface area contributed by atoms with Crippen molar-refractivity contribution in [2.24, 2.45) is 0 Å². The minimum atomic E-state index is -1.77. The standard InChI is InChI=1S/C24H34O17/c1-9(27)33-17-15(7-25)39-23(21(37-13(5)31)19(17)35-11(3)29)41-24-22(38-14(6)32)20(36-12(4)30)18(34-10(2)28)16(8-26)40-24/h15-26H,7-8H2,1-6H3/t15?,16?,17-,18-,19+,20?,21?,22?,23+,24+/m1/s1. The van der Waals surface area contributed by atoms with Crippen LogP contribution in [0.15, 0.2) is 0 Å². The lowest BCUT2D eigenvalue weighted by Crippen LogP contribution is -2.66. The number of esters is 6. The van der Waals surface area contributed by atoms with Crippen LogP contribution in [0, 0.1) is 0 Å². The summed E-state index contributed by atoms with van der Waals surface area (Å²) in [6.45, 7) is 4.58. The maximum atomic E-state index is 12.0. The second-order valence-electron chi connectivity index (χ2n) is 9.03. The first-order valence-corrected chi connectivity index (χ1v) is 12.4. The van der Waals surface area contributed by atoms with Crippen molar-refractivity contribution < 1.29 is 81.6 Å². The fourth-order valence-corrected chi connectivity index (χ4v) is 4.36. The molecular formula is C24H34O17. The summed E-state index contributed by atoms with van der Waals surface area (Å²) in [5.41, 5.74) is 0. The van der Waals surface area contributed by atoms with E-state index in [4.69, 9.17) is 42.6 Å². The lowest BCUT2D eigenvalue weighted by Gasteiger charge is -2.47. The Morgan fingerprint density at radius 3 is 0.951 bits per heavy atom. The number of rotatable bonds is 10. The fraction of sp³-hybridized carbons (Fsp3) is 0.750. The molecule has 0 saturated carbocycles. The summed E-state index contributed by atoms with van der Waals surface area (Å²) in [5, 5.41) is 19.9. The molecule has 2 fully saturated rings. The molecule has 2 rings (SSSR count). The van der Waals surface area contributed by atoms with Crippen molar-refractivity contribution in [2.45, 2.75) is 103 Å². The Morgan fingerprint density at radius 2 is 0.707 bits per heavy atom.